The summed E-state index contributed by atoms with van der Waals surface area (Å²) in [6.45, 7) is 11.6. The normalized spacial score (nSPS) is 16.9. The maximum Gasteiger partial charge on any atom is 0.241 e. The third kappa shape index (κ3) is 7.01. The monoisotopic (exact) mass is 474 g/mol. The molecule has 1 atom stereocenters. The topological polar surface area (TPSA) is 71.3 Å². The molecule has 0 bridgehead atoms. The first-order valence-corrected chi connectivity index (χ1v) is 12.8. The summed E-state index contributed by atoms with van der Waals surface area (Å²) in [5, 5.41) is 7.33. The summed E-state index contributed by atoms with van der Waals surface area (Å²) in [7, 11) is 0. The molecule has 1 saturated heterocycles. The summed E-state index contributed by atoms with van der Waals surface area (Å²) >= 11 is 0. The number of aryl methyl sites for hydroxylation is 2. The largest absolute Gasteiger partial charge is 0.356 e. The van der Waals surface area contributed by atoms with Gasteiger partial charge in [0.25, 0.3) is 0 Å². The van der Waals surface area contributed by atoms with Crippen LogP contribution < -0.4 is 5.32 Å². The predicted molar refractivity (Wildman–Crippen MR) is 139 cm³/mol. The molecule has 0 spiro atoms. The summed E-state index contributed by atoms with van der Waals surface area (Å²) in [5.41, 5.74) is 4.93. The number of aromatic nitrogens is 2. The smallest absolute Gasteiger partial charge is 0.241 e. The summed E-state index contributed by atoms with van der Waals surface area (Å²) < 4.78 is 5.54. The zero-order chi connectivity index (χ0) is 24.8. The second-order valence-electron chi connectivity index (χ2n) is 10.8. The van der Waals surface area contributed by atoms with Gasteiger partial charge in [-0.2, -0.15) is 4.98 Å². The van der Waals surface area contributed by atoms with Gasteiger partial charge >= 0.3 is 0 Å². The van der Waals surface area contributed by atoms with E-state index in [1.807, 2.05) is 0 Å². The molecule has 6 nitrogen and oxygen atoms in total. The molecule has 0 saturated carbocycles. The SMILES string of the molecule is Cc1ccc(CCCNC(=O)C2CCCN(Cc3nc(-c4ccc(C(C)(C)C)cc4)no3)C2)cc1. The van der Waals surface area contributed by atoms with Crippen LogP contribution in [0.3, 0.4) is 0 Å². The van der Waals surface area contributed by atoms with Crippen molar-refractivity contribution in [1.29, 1.82) is 0 Å². The Bertz CT molecular complexity index is 1100. The highest BCUT2D eigenvalue weighted by atomic mass is 16.5. The summed E-state index contributed by atoms with van der Waals surface area (Å²) in [4.78, 5) is 19.6. The van der Waals surface area contributed by atoms with Crippen molar-refractivity contribution in [2.45, 2.75) is 65.3 Å². The number of nitrogens with one attached hydrogen (secondary N) is 1. The van der Waals surface area contributed by atoms with Crippen molar-refractivity contribution in [3.05, 3.63) is 71.1 Å². The molecule has 1 aliphatic rings. The Balaban J connectivity index is 1.24. The lowest BCUT2D eigenvalue weighted by Crippen LogP contribution is -2.43. The van der Waals surface area contributed by atoms with Gasteiger partial charge in [0.1, 0.15) is 0 Å². The van der Waals surface area contributed by atoms with Gasteiger partial charge in [0, 0.05) is 18.7 Å². The average molecular weight is 475 g/mol. The molecule has 0 aliphatic carbocycles. The van der Waals surface area contributed by atoms with Crippen molar-refractivity contribution in [3.63, 3.8) is 0 Å². The van der Waals surface area contributed by atoms with Gasteiger partial charge in [-0.1, -0.05) is 80.0 Å². The highest BCUT2D eigenvalue weighted by molar-refractivity contribution is 5.78. The van der Waals surface area contributed by atoms with Gasteiger partial charge in [0.2, 0.25) is 17.6 Å². The van der Waals surface area contributed by atoms with Crippen molar-refractivity contribution in [2.75, 3.05) is 19.6 Å². The first-order valence-electron chi connectivity index (χ1n) is 12.8. The summed E-state index contributed by atoms with van der Waals surface area (Å²) in [6.07, 6.45) is 3.86. The molecule has 0 radical (unpaired) electrons. The van der Waals surface area contributed by atoms with Gasteiger partial charge in [-0.05, 0) is 55.7 Å². The van der Waals surface area contributed by atoms with Crippen LogP contribution in [-0.2, 0) is 23.2 Å². The van der Waals surface area contributed by atoms with Gasteiger partial charge in [-0.3, -0.25) is 9.69 Å². The molecule has 6 heteroatoms. The van der Waals surface area contributed by atoms with E-state index >= 15 is 0 Å². The summed E-state index contributed by atoms with van der Waals surface area (Å²) in [5.74, 6) is 1.37. The van der Waals surface area contributed by atoms with E-state index in [9.17, 15) is 4.79 Å². The minimum absolute atomic E-state index is 0.00968. The fourth-order valence-electron chi connectivity index (χ4n) is 4.56. The van der Waals surface area contributed by atoms with Gasteiger partial charge in [0.05, 0.1) is 12.5 Å². The number of amides is 1. The highest BCUT2D eigenvalue weighted by Crippen LogP contribution is 2.25. The van der Waals surface area contributed by atoms with E-state index in [-0.39, 0.29) is 17.2 Å². The number of hydrogen-bond acceptors (Lipinski definition) is 5. The van der Waals surface area contributed by atoms with Crippen LogP contribution in [0, 0.1) is 12.8 Å². The molecule has 4 rings (SSSR count). The van der Waals surface area contributed by atoms with Crippen molar-refractivity contribution >= 4 is 5.91 Å². The molecule has 1 aliphatic heterocycles. The van der Waals surface area contributed by atoms with Crippen molar-refractivity contribution in [2.24, 2.45) is 5.92 Å². The molecule has 186 valence electrons. The number of hydrogen-bond donors (Lipinski definition) is 1. The van der Waals surface area contributed by atoms with Gasteiger partial charge in [0.15, 0.2) is 0 Å². The van der Waals surface area contributed by atoms with Crippen molar-refractivity contribution < 1.29 is 9.32 Å². The van der Waals surface area contributed by atoms with E-state index in [0.29, 0.717) is 24.8 Å². The lowest BCUT2D eigenvalue weighted by atomic mass is 9.87. The predicted octanol–water partition coefficient (Wildman–Crippen LogP) is 5.30. The minimum Gasteiger partial charge on any atom is -0.356 e. The molecular weight excluding hydrogens is 436 g/mol. The van der Waals surface area contributed by atoms with E-state index in [1.54, 1.807) is 0 Å². The maximum atomic E-state index is 12.7. The molecule has 1 N–H and O–H groups in total. The summed E-state index contributed by atoms with van der Waals surface area (Å²) in [6, 6.07) is 17.0. The number of carbonyl (C=O) groups excluding carboxylic acids is 1. The molecule has 3 aromatic rings. The molecule has 1 amide bonds. The molecule has 2 aromatic carbocycles. The number of benzene rings is 2. The number of likely N-dealkylation sites (tertiary alicyclic amines) is 1. The average Bonchev–Trinajstić information content (AvgIpc) is 3.31. The van der Waals surface area contributed by atoms with Gasteiger partial charge in [-0.15, -0.1) is 0 Å². The minimum atomic E-state index is 0.00968. The van der Waals surface area contributed by atoms with Gasteiger partial charge < -0.3 is 9.84 Å². The fraction of sp³-hybridized carbons (Fsp3) is 0.483. The quantitative estimate of drug-likeness (QED) is 0.449. The third-order valence-electron chi connectivity index (χ3n) is 6.77. The van der Waals surface area contributed by atoms with E-state index in [4.69, 9.17) is 4.52 Å². The van der Waals surface area contributed by atoms with Crippen LogP contribution in [0.25, 0.3) is 11.4 Å². The lowest BCUT2D eigenvalue weighted by Gasteiger charge is -2.30. The zero-order valence-electron chi connectivity index (χ0n) is 21.5. The second kappa shape index (κ2) is 11.2. The van der Waals surface area contributed by atoms with E-state index < -0.39 is 0 Å². The van der Waals surface area contributed by atoms with Crippen molar-refractivity contribution in [1.82, 2.24) is 20.4 Å². The van der Waals surface area contributed by atoms with Crippen molar-refractivity contribution in [3.8, 4) is 11.4 Å². The lowest BCUT2D eigenvalue weighted by molar-refractivity contribution is -0.126. The third-order valence-corrected chi connectivity index (χ3v) is 6.77. The maximum absolute atomic E-state index is 12.7. The van der Waals surface area contributed by atoms with Crippen LogP contribution in [0.1, 0.15) is 62.6 Å². The van der Waals surface area contributed by atoms with Gasteiger partial charge in [-0.25, -0.2) is 0 Å². The molecule has 1 unspecified atom stereocenters. The Morgan fingerprint density at radius 2 is 1.86 bits per heavy atom. The Labute approximate surface area is 209 Å². The number of rotatable bonds is 8. The first kappa shape index (κ1) is 25.1. The molecule has 2 heterocycles. The standard InChI is InChI=1S/C29H38N4O2/c1-21-9-11-22(12-10-21)7-5-17-30-28(34)24-8-6-18-33(19-24)20-26-31-27(32-35-26)23-13-15-25(16-14-23)29(2,3)4/h9-16,24H,5-8,17-20H2,1-4H3,(H,30,34). The molecular formula is C29H38N4O2. The van der Waals surface area contributed by atoms with Crippen LogP contribution in [0.5, 0.6) is 0 Å². The zero-order valence-corrected chi connectivity index (χ0v) is 21.5. The Morgan fingerprint density at radius 1 is 1.11 bits per heavy atom. The number of piperidine rings is 1. The molecule has 1 fully saturated rings. The Kier molecular flexibility index (Phi) is 8.01. The Morgan fingerprint density at radius 3 is 2.57 bits per heavy atom. The van der Waals surface area contributed by atoms with Crippen LogP contribution in [-0.4, -0.2) is 40.6 Å². The van der Waals surface area contributed by atoms with E-state index in [1.165, 1.54) is 16.7 Å². The van der Waals surface area contributed by atoms with Crippen LogP contribution in [0.2, 0.25) is 0 Å². The molecule has 1 aromatic heterocycles. The second-order valence-corrected chi connectivity index (χ2v) is 10.8. The fourth-order valence-corrected chi connectivity index (χ4v) is 4.56. The van der Waals surface area contributed by atoms with Crippen LogP contribution in [0.15, 0.2) is 53.1 Å². The van der Waals surface area contributed by atoms with E-state index in [0.717, 1.165) is 44.3 Å². The van der Waals surface area contributed by atoms with Crippen LogP contribution in [0.4, 0.5) is 0 Å². The van der Waals surface area contributed by atoms with E-state index in [2.05, 4.69) is 96.6 Å². The first-order chi connectivity index (χ1) is 16.8. The number of nitrogens with zero attached hydrogens (tertiary/aromatic N) is 3. The Hall–Kier alpha value is -2.99. The number of carbonyl (C=O) groups is 1. The highest BCUT2D eigenvalue weighted by Gasteiger charge is 2.26. The molecule has 35 heavy (non-hydrogen) atoms. The van der Waals surface area contributed by atoms with Crippen LogP contribution >= 0.6 is 0 Å².